The standard InChI is InChI=1S/C23H33N5O4/c1-14-11-28(16(3)13-29)23(31)17-8-7-9-18(21(17)32-20(14)12-26(4)5)24-22(30)19-10-15(2)25-27(19)6/h7-10,14,16,20,29H,11-13H2,1-6H3,(H,24,30)/t14-,16+,20+/m0/s1. The monoisotopic (exact) mass is 443 g/mol. The zero-order valence-electron chi connectivity index (χ0n) is 19.6. The summed E-state index contributed by atoms with van der Waals surface area (Å²) < 4.78 is 7.93. The van der Waals surface area contributed by atoms with Gasteiger partial charge in [-0.15, -0.1) is 0 Å². The fourth-order valence-electron chi connectivity index (χ4n) is 3.93. The van der Waals surface area contributed by atoms with Crippen LogP contribution in [-0.4, -0.2) is 82.4 Å². The molecule has 1 aromatic carbocycles. The van der Waals surface area contributed by atoms with Gasteiger partial charge in [-0.25, -0.2) is 0 Å². The third kappa shape index (κ3) is 4.94. The number of carbonyl (C=O) groups excluding carboxylic acids is 2. The van der Waals surface area contributed by atoms with Gasteiger partial charge in [0.2, 0.25) is 0 Å². The van der Waals surface area contributed by atoms with Gasteiger partial charge < -0.3 is 25.0 Å². The van der Waals surface area contributed by atoms with Crippen molar-refractivity contribution in [3.63, 3.8) is 0 Å². The lowest BCUT2D eigenvalue weighted by atomic mass is 9.99. The van der Waals surface area contributed by atoms with Crippen LogP contribution in [0.25, 0.3) is 0 Å². The molecule has 3 atom stereocenters. The molecule has 2 amide bonds. The number of amides is 2. The van der Waals surface area contributed by atoms with E-state index in [1.807, 2.05) is 39.8 Å². The number of aromatic nitrogens is 2. The van der Waals surface area contributed by atoms with Crippen molar-refractivity contribution >= 4 is 17.5 Å². The maximum atomic E-state index is 13.4. The molecule has 32 heavy (non-hydrogen) atoms. The summed E-state index contributed by atoms with van der Waals surface area (Å²) in [6.07, 6.45) is -0.220. The molecule has 2 heterocycles. The second kappa shape index (κ2) is 9.70. The summed E-state index contributed by atoms with van der Waals surface area (Å²) in [5.41, 5.74) is 1.93. The normalized spacial score (nSPS) is 19.8. The molecule has 9 nitrogen and oxygen atoms in total. The number of para-hydroxylation sites is 1. The number of fused-ring (bicyclic) bond motifs is 1. The van der Waals surface area contributed by atoms with E-state index in [2.05, 4.69) is 10.4 Å². The van der Waals surface area contributed by atoms with Crippen LogP contribution in [0.15, 0.2) is 24.3 Å². The second-order valence-corrected chi connectivity index (χ2v) is 8.82. The van der Waals surface area contributed by atoms with Crippen LogP contribution in [0.3, 0.4) is 0 Å². The van der Waals surface area contributed by atoms with E-state index in [1.54, 1.807) is 36.2 Å². The maximum Gasteiger partial charge on any atom is 0.274 e. The third-order valence-corrected chi connectivity index (χ3v) is 5.72. The lowest BCUT2D eigenvalue weighted by Crippen LogP contribution is -2.49. The van der Waals surface area contributed by atoms with Crippen LogP contribution in [0, 0.1) is 12.8 Å². The van der Waals surface area contributed by atoms with Gasteiger partial charge in [-0.3, -0.25) is 14.3 Å². The van der Waals surface area contributed by atoms with E-state index in [4.69, 9.17) is 4.74 Å². The van der Waals surface area contributed by atoms with Crippen molar-refractivity contribution in [3.05, 3.63) is 41.2 Å². The number of aryl methyl sites for hydroxylation is 2. The molecule has 3 rings (SSSR count). The molecule has 0 unspecified atom stereocenters. The third-order valence-electron chi connectivity index (χ3n) is 5.72. The number of nitrogens with zero attached hydrogens (tertiary/aromatic N) is 4. The summed E-state index contributed by atoms with van der Waals surface area (Å²) in [5, 5.41) is 16.9. The van der Waals surface area contributed by atoms with Crippen LogP contribution in [0.4, 0.5) is 5.69 Å². The van der Waals surface area contributed by atoms with Crippen LogP contribution in [0.5, 0.6) is 5.75 Å². The minimum atomic E-state index is -0.341. The van der Waals surface area contributed by atoms with E-state index in [0.29, 0.717) is 35.8 Å². The molecule has 0 fully saturated rings. The second-order valence-electron chi connectivity index (χ2n) is 8.82. The quantitative estimate of drug-likeness (QED) is 0.706. The Morgan fingerprint density at radius 3 is 2.72 bits per heavy atom. The summed E-state index contributed by atoms with van der Waals surface area (Å²) in [4.78, 5) is 30.1. The van der Waals surface area contributed by atoms with Gasteiger partial charge in [0.05, 0.1) is 29.6 Å². The number of nitrogens with one attached hydrogen (secondary N) is 1. The Labute approximate surface area is 188 Å². The molecule has 2 N–H and O–H groups in total. The Kier molecular flexibility index (Phi) is 7.20. The zero-order valence-corrected chi connectivity index (χ0v) is 19.6. The number of anilines is 1. The van der Waals surface area contributed by atoms with E-state index in [-0.39, 0.29) is 36.5 Å². The summed E-state index contributed by atoms with van der Waals surface area (Å²) in [6, 6.07) is 6.51. The highest BCUT2D eigenvalue weighted by atomic mass is 16.5. The van der Waals surface area contributed by atoms with E-state index in [1.165, 1.54) is 4.68 Å². The van der Waals surface area contributed by atoms with Gasteiger partial charge in [0.1, 0.15) is 11.8 Å². The number of hydrogen-bond acceptors (Lipinski definition) is 6. The summed E-state index contributed by atoms with van der Waals surface area (Å²) >= 11 is 0. The average Bonchev–Trinajstić information content (AvgIpc) is 3.08. The predicted octanol–water partition coefficient (Wildman–Crippen LogP) is 1.76. The molecule has 0 saturated heterocycles. The molecular weight excluding hydrogens is 410 g/mol. The molecule has 1 aliphatic heterocycles. The number of aliphatic hydroxyl groups is 1. The molecule has 0 bridgehead atoms. The largest absolute Gasteiger partial charge is 0.486 e. The van der Waals surface area contributed by atoms with Crippen molar-refractivity contribution in [2.45, 2.75) is 32.9 Å². The van der Waals surface area contributed by atoms with E-state index < -0.39 is 0 Å². The molecule has 2 aromatic rings. The minimum absolute atomic E-state index is 0.00646. The fourth-order valence-corrected chi connectivity index (χ4v) is 3.93. The molecule has 0 aliphatic carbocycles. The van der Waals surface area contributed by atoms with Crippen LogP contribution in [-0.2, 0) is 7.05 Å². The number of likely N-dealkylation sites (N-methyl/N-ethyl adjacent to an activating group) is 1. The van der Waals surface area contributed by atoms with E-state index in [0.717, 1.165) is 5.69 Å². The van der Waals surface area contributed by atoms with Crippen molar-refractivity contribution in [1.82, 2.24) is 19.6 Å². The molecule has 174 valence electrons. The number of benzene rings is 1. The van der Waals surface area contributed by atoms with Crippen molar-refractivity contribution in [1.29, 1.82) is 0 Å². The number of hydrogen-bond donors (Lipinski definition) is 2. The van der Waals surface area contributed by atoms with Gasteiger partial charge in [0, 0.05) is 26.1 Å². The minimum Gasteiger partial charge on any atom is -0.486 e. The lowest BCUT2D eigenvalue weighted by molar-refractivity contribution is 0.0365. The summed E-state index contributed by atoms with van der Waals surface area (Å²) in [5.74, 6) is -0.216. The van der Waals surface area contributed by atoms with Crippen LogP contribution in [0.1, 0.15) is 40.4 Å². The fraction of sp³-hybridized carbons (Fsp3) is 0.522. The van der Waals surface area contributed by atoms with Crippen molar-refractivity contribution in [3.8, 4) is 5.75 Å². The highest BCUT2D eigenvalue weighted by Gasteiger charge is 2.34. The Hall–Kier alpha value is -2.91. The van der Waals surface area contributed by atoms with Gasteiger partial charge >= 0.3 is 0 Å². The van der Waals surface area contributed by atoms with Gasteiger partial charge in [-0.05, 0) is 46.1 Å². The van der Waals surface area contributed by atoms with Crippen LogP contribution >= 0.6 is 0 Å². The maximum absolute atomic E-state index is 13.4. The molecule has 0 saturated carbocycles. The number of carbonyl (C=O) groups is 2. The molecule has 9 heteroatoms. The molecule has 1 aromatic heterocycles. The van der Waals surface area contributed by atoms with E-state index in [9.17, 15) is 14.7 Å². The molecular formula is C23H33N5O4. The Balaban J connectivity index is 2.05. The van der Waals surface area contributed by atoms with Gasteiger partial charge in [-0.2, -0.15) is 5.10 Å². The highest BCUT2D eigenvalue weighted by Crippen LogP contribution is 2.35. The van der Waals surface area contributed by atoms with Gasteiger partial charge in [-0.1, -0.05) is 13.0 Å². The highest BCUT2D eigenvalue weighted by molar-refractivity contribution is 6.06. The molecule has 1 aliphatic rings. The predicted molar refractivity (Wildman–Crippen MR) is 122 cm³/mol. The average molecular weight is 444 g/mol. The Morgan fingerprint density at radius 2 is 2.12 bits per heavy atom. The van der Waals surface area contributed by atoms with Crippen molar-refractivity contribution in [2.24, 2.45) is 13.0 Å². The first-order valence-corrected chi connectivity index (χ1v) is 10.8. The first-order chi connectivity index (χ1) is 15.1. The molecule has 0 radical (unpaired) electrons. The lowest BCUT2D eigenvalue weighted by Gasteiger charge is -2.38. The van der Waals surface area contributed by atoms with Gasteiger partial charge in [0.25, 0.3) is 11.8 Å². The number of ether oxygens (including phenoxy) is 1. The van der Waals surface area contributed by atoms with Crippen molar-refractivity contribution < 1.29 is 19.4 Å². The zero-order chi connectivity index (χ0) is 23.6. The summed E-state index contributed by atoms with van der Waals surface area (Å²) in [7, 11) is 5.64. The van der Waals surface area contributed by atoms with Crippen molar-refractivity contribution in [2.75, 3.05) is 39.1 Å². The first kappa shape index (κ1) is 23.7. The smallest absolute Gasteiger partial charge is 0.274 e. The summed E-state index contributed by atoms with van der Waals surface area (Å²) in [6.45, 7) is 6.64. The number of rotatable bonds is 6. The number of aliphatic hydroxyl groups excluding tert-OH is 1. The Bertz CT molecular complexity index is 987. The SMILES string of the molecule is Cc1cc(C(=O)Nc2cccc3c2O[C@H](CN(C)C)[C@@H](C)CN([C@H](C)CO)C3=O)n(C)n1. The Morgan fingerprint density at radius 1 is 1.41 bits per heavy atom. The topological polar surface area (TPSA) is 99.9 Å². The van der Waals surface area contributed by atoms with Gasteiger partial charge in [0.15, 0.2) is 5.75 Å². The van der Waals surface area contributed by atoms with Crippen LogP contribution < -0.4 is 10.1 Å². The van der Waals surface area contributed by atoms with Crippen LogP contribution in [0.2, 0.25) is 0 Å². The first-order valence-electron chi connectivity index (χ1n) is 10.8. The molecule has 0 spiro atoms. The van der Waals surface area contributed by atoms with E-state index >= 15 is 0 Å².